The number of fused-ring (bicyclic) bond motifs is 1. The van der Waals surface area contributed by atoms with E-state index < -0.39 is 11.7 Å². The number of rotatable bonds is 4. The van der Waals surface area contributed by atoms with Crippen molar-refractivity contribution in [1.82, 2.24) is 19.3 Å². The number of hydrogen-bond donors (Lipinski definition) is 1. The normalized spacial score (nSPS) is 13.6. The van der Waals surface area contributed by atoms with Crippen LogP contribution in [0.25, 0.3) is 5.52 Å². The lowest BCUT2D eigenvalue weighted by Gasteiger charge is -2.39. The van der Waals surface area contributed by atoms with Gasteiger partial charge in [0.2, 0.25) is 0 Å². The van der Waals surface area contributed by atoms with Crippen LogP contribution in [0.3, 0.4) is 0 Å². The fraction of sp³-hybridized carbons (Fsp3) is 0.167. The Bertz CT molecular complexity index is 1550. The highest BCUT2D eigenvalue weighted by atomic mass is 35.5. The Morgan fingerprint density at radius 2 is 2.03 bits per heavy atom. The molecule has 1 aliphatic rings. The van der Waals surface area contributed by atoms with E-state index in [0.717, 1.165) is 5.69 Å². The molecular formula is C24H16Cl2FN5O2. The van der Waals surface area contributed by atoms with E-state index in [1.165, 1.54) is 28.8 Å². The molecule has 1 N–H and O–H groups in total. The molecule has 5 rings (SSSR count). The molecule has 4 heterocycles. The van der Waals surface area contributed by atoms with E-state index in [9.17, 15) is 14.0 Å². The van der Waals surface area contributed by atoms with Crippen molar-refractivity contribution >= 4 is 34.6 Å². The maximum Gasteiger partial charge on any atom is 0.272 e. The third-order valence-electron chi connectivity index (χ3n) is 5.91. The van der Waals surface area contributed by atoms with Gasteiger partial charge in [-0.3, -0.25) is 14.0 Å². The third kappa shape index (κ3) is 3.83. The average Bonchev–Trinajstić information content (AvgIpc) is 3.11. The molecule has 170 valence electrons. The van der Waals surface area contributed by atoms with Crippen molar-refractivity contribution in [2.24, 2.45) is 0 Å². The summed E-state index contributed by atoms with van der Waals surface area (Å²) >= 11 is 12.4. The fourth-order valence-corrected chi connectivity index (χ4v) is 4.56. The molecule has 0 spiro atoms. The van der Waals surface area contributed by atoms with Gasteiger partial charge in [0.15, 0.2) is 0 Å². The van der Waals surface area contributed by atoms with Gasteiger partial charge in [0.25, 0.3) is 11.5 Å². The number of H-pyrrole nitrogens is 1. The largest absolute Gasteiger partial charge is 0.337 e. The van der Waals surface area contributed by atoms with Crippen LogP contribution < -0.4 is 5.56 Å². The number of benzene rings is 1. The van der Waals surface area contributed by atoms with Gasteiger partial charge in [0.1, 0.15) is 28.3 Å². The molecule has 1 saturated heterocycles. The quantitative estimate of drug-likeness (QED) is 0.459. The highest BCUT2D eigenvalue weighted by Gasteiger charge is 2.34. The second-order valence-electron chi connectivity index (χ2n) is 8.07. The molecule has 0 saturated carbocycles. The number of halogens is 3. The Hall–Kier alpha value is -3.67. The van der Waals surface area contributed by atoms with Gasteiger partial charge >= 0.3 is 0 Å². The maximum absolute atomic E-state index is 14.6. The minimum atomic E-state index is -0.615. The monoisotopic (exact) mass is 495 g/mol. The molecule has 4 aromatic rings. The zero-order valence-corrected chi connectivity index (χ0v) is 19.1. The van der Waals surface area contributed by atoms with Gasteiger partial charge in [-0.1, -0.05) is 35.3 Å². The predicted molar refractivity (Wildman–Crippen MR) is 125 cm³/mol. The van der Waals surface area contributed by atoms with Crippen molar-refractivity contribution in [3.8, 4) is 6.07 Å². The Morgan fingerprint density at radius 1 is 1.24 bits per heavy atom. The molecule has 1 fully saturated rings. The molecule has 0 radical (unpaired) electrons. The molecular weight excluding hydrogens is 480 g/mol. The van der Waals surface area contributed by atoms with Crippen LogP contribution in [0.5, 0.6) is 0 Å². The van der Waals surface area contributed by atoms with E-state index in [1.807, 2.05) is 12.1 Å². The van der Waals surface area contributed by atoms with Gasteiger partial charge in [0.05, 0.1) is 10.6 Å². The number of carbonyl (C=O) groups excluding carboxylic acids is 1. The zero-order valence-electron chi connectivity index (χ0n) is 17.6. The standard InChI is InChI=1S/C24H16Cl2FN5O2/c25-18-8-21-23(33)29-10-16(32(21)22(18)26)6-13-4-5-19(27)17(7-13)24(34)31-11-14(12-31)20-3-1-2-15(9-28)30-20/h1-5,7-8,10,14H,6,11-12H2,(H,29,33). The van der Waals surface area contributed by atoms with Crippen molar-refractivity contribution in [1.29, 1.82) is 5.26 Å². The zero-order chi connectivity index (χ0) is 24.0. The van der Waals surface area contributed by atoms with Gasteiger partial charge in [-0.15, -0.1) is 0 Å². The number of nitrogens with zero attached hydrogens (tertiary/aromatic N) is 4. The highest BCUT2D eigenvalue weighted by Crippen LogP contribution is 2.29. The molecule has 1 aromatic carbocycles. The Morgan fingerprint density at radius 3 is 2.79 bits per heavy atom. The second kappa shape index (κ2) is 8.60. The van der Waals surface area contributed by atoms with E-state index in [4.69, 9.17) is 28.5 Å². The molecule has 7 nitrogen and oxygen atoms in total. The molecule has 34 heavy (non-hydrogen) atoms. The summed E-state index contributed by atoms with van der Waals surface area (Å²) in [5, 5.41) is 9.47. The summed E-state index contributed by atoms with van der Waals surface area (Å²) in [4.78, 5) is 33.6. The summed E-state index contributed by atoms with van der Waals surface area (Å²) in [5.74, 6) is -1.03. The molecule has 0 bridgehead atoms. The first-order valence-electron chi connectivity index (χ1n) is 10.4. The van der Waals surface area contributed by atoms with Crippen molar-refractivity contribution in [3.05, 3.63) is 103 Å². The molecule has 10 heteroatoms. The van der Waals surface area contributed by atoms with Crippen LogP contribution in [0.1, 0.15) is 38.9 Å². The number of likely N-dealkylation sites (tertiary alicyclic amines) is 1. The van der Waals surface area contributed by atoms with Crippen LogP contribution in [-0.2, 0) is 6.42 Å². The Balaban J connectivity index is 1.37. The minimum absolute atomic E-state index is 0.00134. The summed E-state index contributed by atoms with van der Waals surface area (Å²) in [6.45, 7) is 0.783. The molecule has 3 aromatic heterocycles. The fourth-order valence-electron chi connectivity index (χ4n) is 4.12. The number of carbonyl (C=O) groups is 1. The number of aromatic amines is 1. The SMILES string of the molecule is N#Cc1cccc(C2CN(C(=O)c3cc(Cc4c[nH]c(=O)c5cc(Cl)c(Cl)n45)ccc3F)C2)n1. The van der Waals surface area contributed by atoms with Gasteiger partial charge in [0, 0.05) is 43.0 Å². The topological polar surface area (TPSA) is 94.3 Å². The van der Waals surface area contributed by atoms with Gasteiger partial charge in [-0.2, -0.15) is 5.26 Å². The minimum Gasteiger partial charge on any atom is -0.337 e. The lowest BCUT2D eigenvalue weighted by atomic mass is 9.94. The Labute approximate surface area is 203 Å². The summed E-state index contributed by atoms with van der Waals surface area (Å²) < 4.78 is 16.1. The van der Waals surface area contributed by atoms with Crippen LogP contribution in [0.15, 0.2) is 53.5 Å². The highest BCUT2D eigenvalue weighted by molar-refractivity contribution is 6.42. The van der Waals surface area contributed by atoms with Crippen molar-refractivity contribution in [2.75, 3.05) is 13.1 Å². The predicted octanol–water partition coefficient (Wildman–Crippen LogP) is 4.17. The maximum atomic E-state index is 14.6. The number of aromatic nitrogens is 3. The van der Waals surface area contributed by atoms with Gasteiger partial charge < -0.3 is 9.88 Å². The van der Waals surface area contributed by atoms with E-state index in [2.05, 4.69) is 9.97 Å². The van der Waals surface area contributed by atoms with Crippen LogP contribution in [0.2, 0.25) is 10.2 Å². The number of amides is 1. The number of pyridine rings is 1. The molecule has 1 aliphatic heterocycles. The van der Waals surface area contributed by atoms with Crippen molar-refractivity contribution < 1.29 is 9.18 Å². The smallest absolute Gasteiger partial charge is 0.272 e. The van der Waals surface area contributed by atoms with E-state index in [0.29, 0.717) is 35.6 Å². The van der Waals surface area contributed by atoms with E-state index in [1.54, 1.807) is 23.1 Å². The van der Waals surface area contributed by atoms with Crippen molar-refractivity contribution in [3.63, 3.8) is 0 Å². The summed E-state index contributed by atoms with van der Waals surface area (Å²) in [5.41, 5.74) is 2.28. The Kier molecular flexibility index (Phi) is 5.60. The van der Waals surface area contributed by atoms with Crippen LogP contribution in [0.4, 0.5) is 4.39 Å². The van der Waals surface area contributed by atoms with Crippen LogP contribution in [0, 0.1) is 17.1 Å². The summed E-state index contributed by atoms with van der Waals surface area (Å²) in [7, 11) is 0. The molecule has 1 amide bonds. The lowest BCUT2D eigenvalue weighted by Crippen LogP contribution is -2.49. The lowest BCUT2D eigenvalue weighted by molar-refractivity contribution is 0.0593. The first-order chi connectivity index (χ1) is 16.4. The van der Waals surface area contributed by atoms with Crippen molar-refractivity contribution in [2.45, 2.75) is 12.3 Å². The number of hydrogen-bond acceptors (Lipinski definition) is 4. The number of nitrogens with one attached hydrogen (secondary N) is 1. The van der Waals surface area contributed by atoms with Crippen LogP contribution >= 0.6 is 23.2 Å². The summed E-state index contributed by atoms with van der Waals surface area (Å²) in [6.07, 6.45) is 1.80. The van der Waals surface area contributed by atoms with E-state index >= 15 is 0 Å². The van der Waals surface area contributed by atoms with Gasteiger partial charge in [-0.05, 0) is 35.9 Å². The molecule has 0 unspecified atom stereocenters. The van der Waals surface area contributed by atoms with Crippen LogP contribution in [-0.4, -0.2) is 38.3 Å². The molecule has 0 aliphatic carbocycles. The average molecular weight is 496 g/mol. The van der Waals surface area contributed by atoms with E-state index in [-0.39, 0.29) is 33.6 Å². The molecule has 0 atom stereocenters. The first-order valence-corrected chi connectivity index (χ1v) is 11.1. The summed E-state index contributed by atoms with van der Waals surface area (Å²) in [6, 6.07) is 13.0. The third-order valence-corrected chi connectivity index (χ3v) is 6.66. The first kappa shape index (κ1) is 22.1. The van der Waals surface area contributed by atoms with Gasteiger partial charge in [-0.25, -0.2) is 9.37 Å². The number of nitriles is 1. The second-order valence-corrected chi connectivity index (χ2v) is 8.84.